The van der Waals surface area contributed by atoms with Gasteiger partial charge in [0.1, 0.15) is 0 Å². The molecule has 2 aromatic rings. The molecule has 1 N–H and O–H groups in total. The summed E-state index contributed by atoms with van der Waals surface area (Å²) in [5.41, 5.74) is 2.42. The first-order valence-corrected chi connectivity index (χ1v) is 13.1. The van der Waals surface area contributed by atoms with Gasteiger partial charge in [-0.2, -0.15) is 0 Å². The van der Waals surface area contributed by atoms with Crippen molar-refractivity contribution in [2.45, 2.75) is 78.4 Å². The van der Waals surface area contributed by atoms with Crippen molar-refractivity contribution in [3.05, 3.63) is 71.8 Å². The van der Waals surface area contributed by atoms with Gasteiger partial charge < -0.3 is 4.74 Å². The minimum Gasteiger partial charge on any atom is -0.372 e. The molecule has 6 atom stereocenters. The molecule has 0 radical (unpaired) electrons. The monoisotopic (exact) mass is 453 g/mol. The van der Waals surface area contributed by atoms with E-state index in [1.54, 1.807) is 0 Å². The highest BCUT2D eigenvalue weighted by Crippen LogP contribution is 2.67. The van der Waals surface area contributed by atoms with E-state index in [9.17, 15) is 4.21 Å². The molecule has 2 fully saturated rings. The van der Waals surface area contributed by atoms with Gasteiger partial charge in [-0.3, -0.25) is 0 Å². The SMILES string of the molecule is CC(C)(C)[C@H](N[S@](=O)[C@@H]1[C@H]2CC[C@@](C)([C@@H]1OCc1ccccc1)C2(C)C)c1ccccc1. The Morgan fingerprint density at radius 3 is 2.22 bits per heavy atom. The molecule has 2 aliphatic carbocycles. The topological polar surface area (TPSA) is 38.3 Å². The molecular weight excluding hydrogens is 414 g/mol. The van der Waals surface area contributed by atoms with E-state index in [0.717, 1.165) is 12.8 Å². The van der Waals surface area contributed by atoms with E-state index in [1.807, 2.05) is 12.1 Å². The molecule has 2 saturated carbocycles. The predicted molar refractivity (Wildman–Crippen MR) is 133 cm³/mol. The third-order valence-electron chi connectivity index (χ3n) is 8.45. The Morgan fingerprint density at radius 2 is 1.62 bits per heavy atom. The fraction of sp³-hybridized carbons (Fsp3) is 0.571. The maximum absolute atomic E-state index is 14.0. The van der Waals surface area contributed by atoms with Gasteiger partial charge in [-0.15, -0.1) is 0 Å². The molecule has 4 heteroatoms. The summed E-state index contributed by atoms with van der Waals surface area (Å²) in [6.07, 6.45) is 2.23. The fourth-order valence-electron chi connectivity index (χ4n) is 6.10. The average molecular weight is 454 g/mol. The summed E-state index contributed by atoms with van der Waals surface area (Å²) in [7, 11) is -1.21. The van der Waals surface area contributed by atoms with Crippen LogP contribution in [0, 0.1) is 22.2 Å². The third-order valence-corrected chi connectivity index (χ3v) is 9.99. The molecule has 0 amide bonds. The lowest BCUT2D eigenvalue weighted by atomic mass is 9.70. The van der Waals surface area contributed by atoms with Gasteiger partial charge in [0.15, 0.2) is 0 Å². The Labute approximate surface area is 196 Å². The van der Waals surface area contributed by atoms with Crippen LogP contribution in [0.1, 0.15) is 71.6 Å². The molecule has 0 saturated heterocycles. The second kappa shape index (κ2) is 8.70. The number of hydrogen-bond acceptors (Lipinski definition) is 2. The zero-order valence-corrected chi connectivity index (χ0v) is 21.2. The number of benzene rings is 2. The quantitative estimate of drug-likeness (QED) is 0.524. The van der Waals surface area contributed by atoms with E-state index in [-0.39, 0.29) is 33.6 Å². The van der Waals surface area contributed by atoms with E-state index in [1.165, 1.54) is 11.1 Å². The Morgan fingerprint density at radius 1 is 1.03 bits per heavy atom. The lowest BCUT2D eigenvalue weighted by molar-refractivity contribution is -0.0532. The standard InChI is InChI=1S/C28H39NO2S/c1-26(2,3)24(21-15-11-8-12-16-21)29-32(30)23-22-17-18-28(6,27(22,4)5)25(23)31-19-20-13-9-7-10-14-20/h7-16,22-25,29H,17-19H2,1-6H3/t22-,23-,24-,25-,28+,32-/m1/s1. The first-order chi connectivity index (χ1) is 15.1. The van der Waals surface area contributed by atoms with Gasteiger partial charge >= 0.3 is 0 Å². The van der Waals surface area contributed by atoms with Crippen LogP contribution in [-0.2, 0) is 22.3 Å². The highest BCUT2D eigenvalue weighted by atomic mass is 32.2. The Bertz CT molecular complexity index is 937. The van der Waals surface area contributed by atoms with Crippen LogP contribution in [0.2, 0.25) is 0 Å². The van der Waals surface area contributed by atoms with E-state index >= 15 is 0 Å². The van der Waals surface area contributed by atoms with Crippen molar-refractivity contribution in [1.82, 2.24) is 4.72 Å². The van der Waals surface area contributed by atoms with Crippen molar-refractivity contribution in [3.63, 3.8) is 0 Å². The van der Waals surface area contributed by atoms with E-state index in [0.29, 0.717) is 12.5 Å². The molecule has 0 heterocycles. The van der Waals surface area contributed by atoms with Crippen molar-refractivity contribution in [2.75, 3.05) is 0 Å². The summed E-state index contributed by atoms with van der Waals surface area (Å²) in [5.74, 6) is 0.387. The highest BCUT2D eigenvalue weighted by Gasteiger charge is 2.68. The van der Waals surface area contributed by atoms with Crippen molar-refractivity contribution >= 4 is 11.0 Å². The molecule has 174 valence electrons. The third kappa shape index (κ3) is 4.10. The number of fused-ring (bicyclic) bond motifs is 2. The van der Waals surface area contributed by atoms with Crippen molar-refractivity contribution in [1.29, 1.82) is 0 Å². The minimum absolute atomic E-state index is 0.00866. The van der Waals surface area contributed by atoms with Gasteiger partial charge in [0.05, 0.1) is 28.9 Å². The second-order valence-corrected chi connectivity index (χ2v) is 13.0. The molecule has 0 aliphatic heterocycles. The summed E-state index contributed by atoms with van der Waals surface area (Å²) < 4.78 is 24.2. The molecule has 3 nitrogen and oxygen atoms in total. The van der Waals surface area contributed by atoms with E-state index in [2.05, 4.69) is 94.8 Å². The molecular formula is C28H39NO2S. The number of hydrogen-bond donors (Lipinski definition) is 1. The van der Waals surface area contributed by atoms with E-state index in [4.69, 9.17) is 4.74 Å². The zero-order chi connectivity index (χ0) is 23.1. The van der Waals surface area contributed by atoms with Crippen LogP contribution in [0.4, 0.5) is 0 Å². The molecule has 2 aromatic carbocycles. The van der Waals surface area contributed by atoms with Gasteiger partial charge in [0, 0.05) is 11.5 Å². The number of rotatable bonds is 7. The Kier molecular flexibility index (Phi) is 6.43. The van der Waals surface area contributed by atoms with Crippen LogP contribution >= 0.6 is 0 Å². The Hall–Kier alpha value is -1.49. The summed E-state index contributed by atoms with van der Waals surface area (Å²) in [4.78, 5) is 0. The first kappa shape index (κ1) is 23.7. The van der Waals surface area contributed by atoms with Crippen molar-refractivity contribution < 1.29 is 8.95 Å². The lowest BCUT2D eigenvalue weighted by Gasteiger charge is -2.40. The molecule has 2 aliphatic rings. The number of nitrogens with one attached hydrogen (secondary N) is 1. The van der Waals surface area contributed by atoms with Crippen LogP contribution in [0.15, 0.2) is 60.7 Å². The van der Waals surface area contributed by atoms with Gasteiger partial charge in [0.25, 0.3) is 0 Å². The zero-order valence-electron chi connectivity index (χ0n) is 20.4. The largest absolute Gasteiger partial charge is 0.372 e. The van der Waals surface area contributed by atoms with Crippen LogP contribution < -0.4 is 4.72 Å². The summed E-state index contributed by atoms with van der Waals surface area (Å²) in [6, 6.07) is 20.8. The lowest BCUT2D eigenvalue weighted by Crippen LogP contribution is -2.48. The maximum atomic E-state index is 14.0. The summed E-state index contributed by atoms with van der Waals surface area (Å²) in [6.45, 7) is 14.3. The molecule has 4 rings (SSSR count). The Balaban J connectivity index is 1.61. The number of ether oxygens (including phenoxy) is 1. The predicted octanol–water partition coefficient (Wildman–Crippen LogP) is 6.44. The normalized spacial score (nSPS) is 30.9. The maximum Gasteiger partial charge on any atom is 0.0982 e. The smallest absolute Gasteiger partial charge is 0.0982 e. The second-order valence-electron chi connectivity index (χ2n) is 11.6. The van der Waals surface area contributed by atoms with Crippen molar-refractivity contribution in [3.8, 4) is 0 Å². The average Bonchev–Trinajstić information content (AvgIpc) is 3.08. The molecule has 32 heavy (non-hydrogen) atoms. The first-order valence-electron chi connectivity index (χ1n) is 11.9. The van der Waals surface area contributed by atoms with Gasteiger partial charge in [0.2, 0.25) is 0 Å². The van der Waals surface area contributed by atoms with Crippen LogP contribution in [0.3, 0.4) is 0 Å². The molecule has 0 aromatic heterocycles. The van der Waals surface area contributed by atoms with Crippen LogP contribution in [-0.4, -0.2) is 15.6 Å². The summed E-state index contributed by atoms with van der Waals surface area (Å²) >= 11 is 0. The van der Waals surface area contributed by atoms with Gasteiger partial charge in [-0.1, -0.05) is 102 Å². The fourth-order valence-corrected chi connectivity index (χ4v) is 8.36. The van der Waals surface area contributed by atoms with Crippen LogP contribution in [0.25, 0.3) is 0 Å². The van der Waals surface area contributed by atoms with E-state index < -0.39 is 11.0 Å². The molecule has 2 bridgehead atoms. The summed E-state index contributed by atoms with van der Waals surface area (Å²) in [5, 5.41) is -0.0129. The molecule has 0 spiro atoms. The van der Waals surface area contributed by atoms with Crippen LogP contribution in [0.5, 0.6) is 0 Å². The van der Waals surface area contributed by atoms with Crippen molar-refractivity contribution in [2.24, 2.45) is 22.2 Å². The molecule has 0 unspecified atom stereocenters. The van der Waals surface area contributed by atoms with Gasteiger partial charge in [-0.25, -0.2) is 8.93 Å². The highest BCUT2D eigenvalue weighted by molar-refractivity contribution is 7.83. The van der Waals surface area contributed by atoms with Gasteiger partial charge in [-0.05, 0) is 40.7 Å². The minimum atomic E-state index is -1.21.